The molecule has 0 fully saturated rings. The van der Waals surface area contributed by atoms with Crippen molar-refractivity contribution in [2.75, 3.05) is 20.0 Å². The van der Waals surface area contributed by atoms with Gasteiger partial charge in [0.1, 0.15) is 6.10 Å². The van der Waals surface area contributed by atoms with Crippen LogP contribution < -0.4 is 19.3 Å². The van der Waals surface area contributed by atoms with Gasteiger partial charge in [-0.1, -0.05) is 33.6 Å². The zero-order valence-corrected chi connectivity index (χ0v) is 23.0. The number of unbranched alkanes of at least 4 members (excludes halogenated alkanes) is 2. The molecule has 1 aliphatic carbocycles. The lowest BCUT2D eigenvalue weighted by Crippen LogP contribution is -2.56. The van der Waals surface area contributed by atoms with Gasteiger partial charge < -0.3 is 29.5 Å². The summed E-state index contributed by atoms with van der Waals surface area (Å²) in [6.07, 6.45) is 0.712. The monoisotopic (exact) mass is 623 g/mol. The number of aliphatic hydroxyl groups excluding tert-OH is 2. The molecule has 1 amide bonds. The van der Waals surface area contributed by atoms with E-state index in [1.54, 1.807) is 13.0 Å². The van der Waals surface area contributed by atoms with Crippen LogP contribution in [0.15, 0.2) is 9.65 Å². The van der Waals surface area contributed by atoms with Crippen LogP contribution in [-0.4, -0.2) is 54.4 Å². The van der Waals surface area contributed by atoms with Crippen molar-refractivity contribution in [2.24, 2.45) is 5.92 Å². The Morgan fingerprint density at radius 3 is 2.43 bits per heavy atom. The summed E-state index contributed by atoms with van der Waals surface area (Å²) in [4.78, 5) is 13.3. The highest BCUT2D eigenvalue weighted by Gasteiger charge is 2.47. The van der Waals surface area contributed by atoms with Crippen LogP contribution in [0.4, 0.5) is 0 Å². The Morgan fingerprint density at radius 1 is 1.14 bits per heavy atom. The predicted octanol–water partition coefficient (Wildman–Crippen LogP) is 4.17. The molecule has 0 unspecified atom stereocenters. The average Bonchev–Trinajstić information content (AvgIpc) is 3.30. The molecule has 3 aliphatic rings. The quantitative estimate of drug-likeness (QED) is 0.200. The Labute approximate surface area is 218 Å². The molecular formula is C23H31INO9P. The summed E-state index contributed by atoms with van der Waals surface area (Å²) < 4.78 is 42.7. The number of fused-ring (bicyclic) bond motifs is 4. The van der Waals surface area contributed by atoms with E-state index in [9.17, 15) is 19.6 Å². The van der Waals surface area contributed by atoms with E-state index in [-0.39, 0.29) is 43.0 Å². The van der Waals surface area contributed by atoms with Crippen molar-refractivity contribution in [3.8, 4) is 17.2 Å². The third-order valence-electron chi connectivity index (χ3n) is 6.29. The minimum Gasteiger partial charge on any atom is -0.453 e. The SMILES string of the molecule is CCCCOP(=O)(OCCCC)Oc1c2c(cc3c1C(=O)N[C@@H]1C3=C(I)[C@H](C)[C@@H](O)[C@H]1O)OCO2. The van der Waals surface area contributed by atoms with Gasteiger partial charge >= 0.3 is 7.82 Å². The second-order valence-corrected chi connectivity index (χ2v) is 11.5. The van der Waals surface area contributed by atoms with Gasteiger partial charge in [-0.2, -0.15) is 0 Å². The number of carbonyl (C=O) groups excluding carboxylic acids is 1. The molecule has 0 radical (unpaired) electrons. The van der Waals surface area contributed by atoms with Gasteiger partial charge in [-0.25, -0.2) is 4.57 Å². The Hall–Kier alpha value is -1.37. The van der Waals surface area contributed by atoms with Crippen molar-refractivity contribution in [2.45, 2.75) is 64.7 Å². The summed E-state index contributed by atoms with van der Waals surface area (Å²) in [5.41, 5.74) is 1.18. The molecule has 0 bridgehead atoms. The van der Waals surface area contributed by atoms with E-state index >= 15 is 0 Å². The molecule has 4 atom stereocenters. The molecule has 35 heavy (non-hydrogen) atoms. The summed E-state index contributed by atoms with van der Waals surface area (Å²) in [5.74, 6) is -0.579. The van der Waals surface area contributed by atoms with Crippen LogP contribution in [0.2, 0.25) is 0 Å². The molecular weight excluding hydrogens is 592 g/mol. The number of phosphoric ester groups is 1. The summed E-state index contributed by atoms with van der Waals surface area (Å²) in [7, 11) is -4.11. The van der Waals surface area contributed by atoms with E-state index in [1.807, 2.05) is 13.8 Å². The second-order valence-electron chi connectivity index (χ2n) is 8.76. The van der Waals surface area contributed by atoms with Gasteiger partial charge in [0.15, 0.2) is 11.5 Å². The zero-order valence-electron chi connectivity index (χ0n) is 19.9. The Bertz CT molecular complexity index is 1050. The Kier molecular flexibility index (Phi) is 8.34. The maximum absolute atomic E-state index is 13.6. The highest BCUT2D eigenvalue weighted by molar-refractivity contribution is 14.1. The van der Waals surface area contributed by atoms with Crippen molar-refractivity contribution in [3.05, 3.63) is 20.8 Å². The van der Waals surface area contributed by atoms with Crippen molar-refractivity contribution in [3.63, 3.8) is 0 Å². The molecule has 2 heterocycles. The van der Waals surface area contributed by atoms with Crippen LogP contribution in [0.5, 0.6) is 17.2 Å². The molecule has 1 aromatic carbocycles. The number of aliphatic hydroxyl groups is 2. The first-order chi connectivity index (χ1) is 16.7. The number of hydrogen-bond acceptors (Lipinski definition) is 9. The highest BCUT2D eigenvalue weighted by Crippen LogP contribution is 2.58. The van der Waals surface area contributed by atoms with Crippen molar-refractivity contribution >= 4 is 41.9 Å². The Balaban J connectivity index is 1.83. The van der Waals surface area contributed by atoms with Crippen LogP contribution in [0.1, 0.15) is 62.4 Å². The lowest BCUT2D eigenvalue weighted by atomic mass is 9.77. The number of hydrogen-bond donors (Lipinski definition) is 3. The van der Waals surface area contributed by atoms with E-state index in [0.29, 0.717) is 29.7 Å². The fourth-order valence-corrected chi connectivity index (χ4v) is 6.53. The predicted molar refractivity (Wildman–Crippen MR) is 136 cm³/mol. The summed E-state index contributed by atoms with van der Waals surface area (Å²) >= 11 is 2.12. The van der Waals surface area contributed by atoms with E-state index in [1.165, 1.54) is 0 Å². The van der Waals surface area contributed by atoms with Gasteiger partial charge in [-0.15, -0.1) is 0 Å². The maximum Gasteiger partial charge on any atom is 0.530 e. The minimum absolute atomic E-state index is 0.0869. The highest BCUT2D eigenvalue weighted by atomic mass is 127. The third-order valence-corrected chi connectivity index (χ3v) is 9.26. The first-order valence-corrected chi connectivity index (χ1v) is 14.4. The van der Waals surface area contributed by atoms with Crippen molar-refractivity contribution in [1.82, 2.24) is 5.32 Å². The molecule has 2 aliphatic heterocycles. The molecule has 0 spiro atoms. The topological polar surface area (TPSA) is 133 Å². The number of rotatable bonds is 10. The van der Waals surface area contributed by atoms with E-state index < -0.39 is 32.0 Å². The Morgan fingerprint density at radius 2 is 1.80 bits per heavy atom. The maximum atomic E-state index is 13.6. The molecule has 0 aromatic heterocycles. The molecule has 1 aromatic rings. The fourth-order valence-electron chi connectivity index (χ4n) is 4.26. The van der Waals surface area contributed by atoms with Crippen molar-refractivity contribution < 1.29 is 42.6 Å². The molecule has 194 valence electrons. The van der Waals surface area contributed by atoms with Crippen LogP contribution in [0, 0.1) is 5.92 Å². The van der Waals surface area contributed by atoms with Crippen LogP contribution >= 0.6 is 30.4 Å². The molecule has 4 rings (SSSR count). The number of benzene rings is 1. The van der Waals surface area contributed by atoms with Crippen molar-refractivity contribution in [1.29, 1.82) is 0 Å². The molecule has 12 heteroatoms. The van der Waals surface area contributed by atoms with E-state index in [0.717, 1.165) is 16.4 Å². The second kappa shape index (κ2) is 10.9. The summed E-state index contributed by atoms with van der Waals surface area (Å²) in [6, 6.07) is 0.831. The number of phosphoric acid groups is 1. The van der Waals surface area contributed by atoms with Gasteiger partial charge in [0, 0.05) is 15.1 Å². The van der Waals surface area contributed by atoms with Gasteiger partial charge in [-0.3, -0.25) is 13.8 Å². The normalized spacial score (nSPS) is 25.3. The van der Waals surface area contributed by atoms with Gasteiger partial charge in [0.25, 0.3) is 5.91 Å². The standard InChI is InChI=1S/C23H31INO9P/c1-4-6-8-32-35(29,33-9-7-5-2)34-22-16-13(10-14-21(22)31-11-30-14)15-17(24)12(3)19(26)20(27)18(15)25-23(16)28/h10,12,18-20,26-27H,4-9,11H2,1-3H3,(H,25,28)/t12-,18+,19+,20-/m0/s1. The molecule has 3 N–H and O–H groups in total. The van der Waals surface area contributed by atoms with Gasteiger partial charge in [0.05, 0.1) is 30.9 Å². The lowest BCUT2D eigenvalue weighted by molar-refractivity contribution is -0.0172. The minimum atomic E-state index is -4.11. The van der Waals surface area contributed by atoms with E-state index in [4.69, 9.17) is 23.0 Å². The first-order valence-electron chi connectivity index (χ1n) is 11.8. The largest absolute Gasteiger partial charge is 0.530 e. The summed E-state index contributed by atoms with van der Waals surface area (Å²) in [5, 5.41) is 24.0. The van der Waals surface area contributed by atoms with E-state index in [2.05, 4.69) is 27.9 Å². The first kappa shape index (κ1) is 26.7. The lowest BCUT2D eigenvalue weighted by Gasteiger charge is -2.41. The van der Waals surface area contributed by atoms with Crippen LogP contribution in [0.3, 0.4) is 0 Å². The average molecular weight is 623 g/mol. The van der Waals surface area contributed by atoms with Gasteiger partial charge in [0.2, 0.25) is 12.5 Å². The number of halogens is 1. The van der Waals surface area contributed by atoms with Crippen LogP contribution in [-0.2, 0) is 13.6 Å². The molecule has 0 saturated heterocycles. The fraction of sp³-hybridized carbons (Fsp3) is 0.609. The molecule has 0 saturated carbocycles. The van der Waals surface area contributed by atoms with Gasteiger partial charge in [-0.05, 0) is 47.1 Å². The number of nitrogens with one attached hydrogen (secondary N) is 1. The number of ether oxygens (including phenoxy) is 2. The zero-order chi connectivity index (χ0) is 25.3. The summed E-state index contributed by atoms with van der Waals surface area (Å²) in [6.45, 7) is 5.97. The molecule has 10 nitrogen and oxygen atoms in total. The third kappa shape index (κ3) is 5.08. The number of carbonyl (C=O) groups is 1. The van der Waals surface area contributed by atoms with Crippen LogP contribution in [0.25, 0.3) is 5.57 Å². The smallest absolute Gasteiger partial charge is 0.453 e. The number of amides is 1.